The SMILES string of the molecule is CC(Sc1nnc(-c2ccccc2)n1C)C(=O)N1CCNC1=O. The molecular weight excluding hydrogens is 314 g/mol. The number of hydrogen-bond donors (Lipinski definition) is 1. The monoisotopic (exact) mass is 331 g/mol. The molecule has 0 bridgehead atoms. The Morgan fingerprint density at radius 2 is 2.04 bits per heavy atom. The van der Waals surface area contributed by atoms with E-state index < -0.39 is 5.25 Å². The predicted molar refractivity (Wildman–Crippen MR) is 86.9 cm³/mol. The van der Waals surface area contributed by atoms with Crippen LogP contribution in [0.5, 0.6) is 0 Å². The minimum Gasteiger partial charge on any atom is -0.336 e. The van der Waals surface area contributed by atoms with Gasteiger partial charge in [0.2, 0.25) is 5.91 Å². The van der Waals surface area contributed by atoms with Crippen molar-refractivity contribution in [1.82, 2.24) is 25.0 Å². The second kappa shape index (κ2) is 6.41. The number of imide groups is 1. The van der Waals surface area contributed by atoms with Gasteiger partial charge >= 0.3 is 6.03 Å². The van der Waals surface area contributed by atoms with Crippen molar-refractivity contribution in [1.29, 1.82) is 0 Å². The highest BCUT2D eigenvalue weighted by atomic mass is 32.2. The Kier molecular flexibility index (Phi) is 4.33. The molecule has 8 heteroatoms. The van der Waals surface area contributed by atoms with Crippen molar-refractivity contribution in [3.63, 3.8) is 0 Å². The zero-order chi connectivity index (χ0) is 16.4. The number of rotatable bonds is 4. The van der Waals surface area contributed by atoms with Gasteiger partial charge in [-0.25, -0.2) is 4.79 Å². The van der Waals surface area contributed by atoms with Crippen LogP contribution in [0.3, 0.4) is 0 Å². The molecule has 1 aliphatic rings. The predicted octanol–water partition coefficient (Wildman–Crippen LogP) is 1.51. The fraction of sp³-hybridized carbons (Fsp3) is 0.333. The molecule has 1 atom stereocenters. The molecule has 0 radical (unpaired) electrons. The lowest BCUT2D eigenvalue weighted by Gasteiger charge is -2.16. The Hall–Kier alpha value is -2.35. The normalized spacial score (nSPS) is 15.6. The molecule has 1 aliphatic heterocycles. The third-order valence-corrected chi connectivity index (χ3v) is 4.74. The van der Waals surface area contributed by atoms with Crippen LogP contribution < -0.4 is 5.32 Å². The van der Waals surface area contributed by atoms with Gasteiger partial charge in [0.05, 0.1) is 5.25 Å². The maximum absolute atomic E-state index is 12.3. The minimum atomic E-state index is -0.412. The van der Waals surface area contributed by atoms with E-state index in [1.807, 2.05) is 41.9 Å². The number of thioether (sulfide) groups is 1. The summed E-state index contributed by atoms with van der Waals surface area (Å²) in [7, 11) is 1.87. The number of carbonyl (C=O) groups is 2. The highest BCUT2D eigenvalue weighted by Gasteiger charge is 2.31. The number of hydrogen-bond acceptors (Lipinski definition) is 5. The average Bonchev–Trinajstić information content (AvgIpc) is 3.14. The summed E-state index contributed by atoms with van der Waals surface area (Å²) < 4.78 is 1.85. The lowest BCUT2D eigenvalue weighted by atomic mass is 10.2. The summed E-state index contributed by atoms with van der Waals surface area (Å²) in [6.45, 7) is 2.69. The van der Waals surface area contributed by atoms with Crippen molar-refractivity contribution in [3.05, 3.63) is 30.3 Å². The highest BCUT2D eigenvalue weighted by Crippen LogP contribution is 2.26. The molecule has 0 aliphatic carbocycles. The Morgan fingerprint density at radius 3 is 2.70 bits per heavy atom. The second-order valence-corrected chi connectivity index (χ2v) is 6.52. The molecule has 3 rings (SSSR count). The third kappa shape index (κ3) is 3.07. The Balaban J connectivity index is 1.75. The Bertz CT molecular complexity index is 731. The fourth-order valence-corrected chi connectivity index (χ4v) is 3.24. The van der Waals surface area contributed by atoms with E-state index in [4.69, 9.17) is 0 Å². The lowest BCUT2D eigenvalue weighted by Crippen LogP contribution is -2.39. The van der Waals surface area contributed by atoms with Crippen molar-refractivity contribution < 1.29 is 9.59 Å². The quantitative estimate of drug-likeness (QED) is 0.859. The molecule has 1 aromatic heterocycles. The number of benzene rings is 1. The average molecular weight is 331 g/mol. The lowest BCUT2D eigenvalue weighted by molar-refractivity contribution is -0.126. The van der Waals surface area contributed by atoms with E-state index in [-0.39, 0.29) is 11.9 Å². The zero-order valence-corrected chi connectivity index (χ0v) is 13.7. The van der Waals surface area contributed by atoms with Crippen molar-refractivity contribution >= 4 is 23.7 Å². The van der Waals surface area contributed by atoms with Gasteiger partial charge in [-0.1, -0.05) is 42.1 Å². The summed E-state index contributed by atoms with van der Waals surface area (Å²) >= 11 is 1.30. The van der Waals surface area contributed by atoms with E-state index in [9.17, 15) is 9.59 Å². The second-order valence-electron chi connectivity index (χ2n) is 5.21. The van der Waals surface area contributed by atoms with Crippen molar-refractivity contribution in [2.45, 2.75) is 17.3 Å². The van der Waals surface area contributed by atoms with Crippen LogP contribution in [0, 0.1) is 0 Å². The summed E-state index contributed by atoms with van der Waals surface area (Å²) in [5.41, 5.74) is 0.965. The summed E-state index contributed by atoms with van der Waals surface area (Å²) in [6, 6.07) is 9.41. The number of nitrogens with zero attached hydrogens (tertiary/aromatic N) is 4. The van der Waals surface area contributed by atoms with Crippen LogP contribution in [0.4, 0.5) is 4.79 Å². The molecule has 120 valence electrons. The van der Waals surface area contributed by atoms with Gasteiger partial charge in [0.25, 0.3) is 0 Å². The Labute approximate surface area is 138 Å². The van der Waals surface area contributed by atoms with E-state index >= 15 is 0 Å². The zero-order valence-electron chi connectivity index (χ0n) is 12.9. The molecule has 23 heavy (non-hydrogen) atoms. The first-order chi connectivity index (χ1) is 11.1. The van der Waals surface area contributed by atoms with Crippen LogP contribution in [0.1, 0.15) is 6.92 Å². The molecule has 0 saturated carbocycles. The number of urea groups is 1. The van der Waals surface area contributed by atoms with E-state index in [0.29, 0.717) is 18.2 Å². The summed E-state index contributed by atoms with van der Waals surface area (Å²) in [5.74, 6) is 0.529. The molecule has 3 amide bonds. The summed E-state index contributed by atoms with van der Waals surface area (Å²) in [5, 5.41) is 11.2. The van der Waals surface area contributed by atoms with Gasteiger partial charge in [0.1, 0.15) is 0 Å². The van der Waals surface area contributed by atoms with E-state index in [1.54, 1.807) is 6.92 Å². The van der Waals surface area contributed by atoms with Crippen LogP contribution >= 0.6 is 11.8 Å². The smallest absolute Gasteiger partial charge is 0.324 e. The molecule has 1 unspecified atom stereocenters. The molecule has 1 N–H and O–H groups in total. The van der Waals surface area contributed by atoms with Gasteiger partial charge in [-0.2, -0.15) is 0 Å². The first-order valence-corrected chi connectivity index (χ1v) is 8.16. The molecule has 0 spiro atoms. The summed E-state index contributed by atoms with van der Waals surface area (Å²) in [6.07, 6.45) is 0. The minimum absolute atomic E-state index is 0.214. The van der Waals surface area contributed by atoms with Crippen molar-refractivity contribution in [3.8, 4) is 11.4 Å². The molecule has 2 aromatic rings. The van der Waals surface area contributed by atoms with Gasteiger partial charge in [0, 0.05) is 25.7 Å². The number of amides is 3. The first-order valence-electron chi connectivity index (χ1n) is 7.28. The molecule has 7 nitrogen and oxygen atoms in total. The molecular formula is C15H17N5O2S. The largest absolute Gasteiger partial charge is 0.336 e. The van der Waals surface area contributed by atoms with Gasteiger partial charge in [0.15, 0.2) is 11.0 Å². The summed E-state index contributed by atoms with van der Waals surface area (Å²) in [4.78, 5) is 25.2. The van der Waals surface area contributed by atoms with Crippen molar-refractivity contribution in [2.75, 3.05) is 13.1 Å². The number of carbonyl (C=O) groups excluding carboxylic acids is 2. The topological polar surface area (TPSA) is 80.1 Å². The first kappa shape index (κ1) is 15.5. The van der Waals surface area contributed by atoms with E-state index in [0.717, 1.165) is 11.4 Å². The maximum Gasteiger partial charge on any atom is 0.324 e. The fourth-order valence-electron chi connectivity index (χ4n) is 2.37. The van der Waals surface area contributed by atoms with Gasteiger partial charge < -0.3 is 9.88 Å². The number of aromatic nitrogens is 3. The van der Waals surface area contributed by atoms with Crippen LogP contribution in [0.25, 0.3) is 11.4 Å². The van der Waals surface area contributed by atoms with Crippen LogP contribution in [-0.4, -0.2) is 49.9 Å². The van der Waals surface area contributed by atoms with E-state index in [1.165, 1.54) is 16.7 Å². The van der Waals surface area contributed by atoms with Crippen molar-refractivity contribution in [2.24, 2.45) is 7.05 Å². The maximum atomic E-state index is 12.3. The molecule has 2 heterocycles. The van der Waals surface area contributed by atoms with E-state index in [2.05, 4.69) is 15.5 Å². The number of nitrogens with one attached hydrogen (secondary N) is 1. The van der Waals surface area contributed by atoms with Crippen LogP contribution in [-0.2, 0) is 11.8 Å². The van der Waals surface area contributed by atoms with Gasteiger partial charge in [-0.15, -0.1) is 10.2 Å². The molecule has 1 fully saturated rings. The highest BCUT2D eigenvalue weighted by molar-refractivity contribution is 8.00. The van der Waals surface area contributed by atoms with Crippen LogP contribution in [0.15, 0.2) is 35.5 Å². The Morgan fingerprint density at radius 1 is 1.30 bits per heavy atom. The van der Waals surface area contributed by atoms with Gasteiger partial charge in [-0.05, 0) is 6.92 Å². The standard InChI is InChI=1S/C15H17N5O2S/c1-10(13(21)20-9-8-16-14(20)22)23-15-18-17-12(19(15)2)11-6-4-3-5-7-11/h3-7,10H,8-9H2,1-2H3,(H,16,22). The van der Waals surface area contributed by atoms with Gasteiger partial charge in [-0.3, -0.25) is 9.69 Å². The molecule has 1 aromatic carbocycles. The third-order valence-electron chi connectivity index (χ3n) is 3.62. The van der Waals surface area contributed by atoms with Crippen LogP contribution in [0.2, 0.25) is 0 Å². The molecule has 1 saturated heterocycles.